The normalized spacial score (nSPS) is 13.2. The third kappa shape index (κ3) is 2.42. The Morgan fingerprint density at radius 3 is 3.00 bits per heavy atom. The number of rotatable bonds is 4. The van der Waals surface area contributed by atoms with Crippen LogP contribution in [-0.2, 0) is 11.2 Å². The predicted octanol–water partition coefficient (Wildman–Crippen LogP) is 2.84. The summed E-state index contributed by atoms with van der Waals surface area (Å²) in [6, 6.07) is 6.28. The topological polar surface area (TPSA) is 37.9 Å². The quantitative estimate of drug-likeness (QED) is 0.856. The number of ether oxygens (including phenoxy) is 1. The molecule has 0 amide bonds. The zero-order chi connectivity index (χ0) is 11.5. The van der Waals surface area contributed by atoms with E-state index in [2.05, 4.69) is 42.0 Å². The smallest absolute Gasteiger partial charge is 0.107 e. The molecule has 2 aromatic rings. The second kappa shape index (κ2) is 4.66. The van der Waals surface area contributed by atoms with Gasteiger partial charge in [0.2, 0.25) is 0 Å². The lowest BCUT2D eigenvalue weighted by Gasteiger charge is -2.06. The lowest BCUT2D eigenvalue weighted by Crippen LogP contribution is -2.06. The van der Waals surface area contributed by atoms with E-state index >= 15 is 0 Å². The van der Waals surface area contributed by atoms with Crippen molar-refractivity contribution in [2.75, 3.05) is 7.11 Å². The molecule has 1 unspecified atom stereocenters. The highest BCUT2D eigenvalue weighted by Gasteiger charge is 2.05. The van der Waals surface area contributed by atoms with Crippen LogP contribution in [0.3, 0.4) is 0 Å². The van der Waals surface area contributed by atoms with Crippen LogP contribution in [0.5, 0.6) is 0 Å². The number of aryl methyl sites for hydroxylation is 2. The largest absolute Gasteiger partial charge is 0.382 e. The van der Waals surface area contributed by atoms with Crippen LogP contribution in [0, 0.1) is 6.92 Å². The molecule has 1 aromatic carbocycles. The molecular weight excluding hydrogens is 200 g/mol. The zero-order valence-corrected chi connectivity index (χ0v) is 10.1. The van der Waals surface area contributed by atoms with Gasteiger partial charge in [0.1, 0.15) is 5.82 Å². The number of aromatic amines is 1. The Labute approximate surface area is 95.8 Å². The molecule has 1 aromatic heterocycles. The SMILES string of the molecule is COC(C)CCc1nc2ccc(C)cc2[nH]1. The molecule has 0 radical (unpaired) electrons. The van der Waals surface area contributed by atoms with Gasteiger partial charge >= 0.3 is 0 Å². The molecule has 2 rings (SSSR count). The van der Waals surface area contributed by atoms with Crippen molar-refractivity contribution in [2.24, 2.45) is 0 Å². The van der Waals surface area contributed by atoms with Gasteiger partial charge < -0.3 is 9.72 Å². The summed E-state index contributed by atoms with van der Waals surface area (Å²) < 4.78 is 5.22. The van der Waals surface area contributed by atoms with Gasteiger partial charge in [-0.15, -0.1) is 0 Å². The second-order valence-corrected chi connectivity index (χ2v) is 4.29. The first-order chi connectivity index (χ1) is 7.69. The van der Waals surface area contributed by atoms with Crippen LogP contribution in [0.4, 0.5) is 0 Å². The van der Waals surface area contributed by atoms with Gasteiger partial charge in [-0.05, 0) is 38.0 Å². The molecule has 1 atom stereocenters. The summed E-state index contributed by atoms with van der Waals surface area (Å²) in [6.07, 6.45) is 2.22. The van der Waals surface area contributed by atoms with Crippen LogP contribution >= 0.6 is 0 Å². The predicted molar refractivity (Wildman–Crippen MR) is 65.6 cm³/mol. The molecule has 86 valence electrons. The molecular formula is C13H18N2O. The van der Waals surface area contributed by atoms with E-state index in [0.717, 1.165) is 29.7 Å². The van der Waals surface area contributed by atoms with E-state index in [-0.39, 0.29) is 6.10 Å². The number of imidazole rings is 1. The molecule has 0 aliphatic rings. The van der Waals surface area contributed by atoms with Crippen molar-refractivity contribution in [1.82, 2.24) is 9.97 Å². The Hall–Kier alpha value is -1.35. The van der Waals surface area contributed by atoms with Crippen molar-refractivity contribution >= 4 is 11.0 Å². The fourth-order valence-corrected chi connectivity index (χ4v) is 1.75. The first-order valence-corrected chi connectivity index (χ1v) is 5.67. The van der Waals surface area contributed by atoms with Crippen LogP contribution < -0.4 is 0 Å². The average Bonchev–Trinajstić information content (AvgIpc) is 2.67. The van der Waals surface area contributed by atoms with E-state index < -0.39 is 0 Å². The number of hydrogen-bond donors (Lipinski definition) is 1. The van der Waals surface area contributed by atoms with Crippen molar-refractivity contribution < 1.29 is 4.74 Å². The molecule has 3 heteroatoms. The first-order valence-electron chi connectivity index (χ1n) is 5.67. The van der Waals surface area contributed by atoms with Crippen molar-refractivity contribution in [1.29, 1.82) is 0 Å². The fraction of sp³-hybridized carbons (Fsp3) is 0.462. The maximum absolute atomic E-state index is 5.22. The van der Waals surface area contributed by atoms with Gasteiger partial charge in [0.15, 0.2) is 0 Å². The van der Waals surface area contributed by atoms with Crippen LogP contribution in [-0.4, -0.2) is 23.2 Å². The number of H-pyrrole nitrogens is 1. The molecule has 0 bridgehead atoms. The van der Waals surface area contributed by atoms with Gasteiger partial charge in [0.25, 0.3) is 0 Å². The van der Waals surface area contributed by atoms with E-state index in [1.165, 1.54) is 5.56 Å². The lowest BCUT2D eigenvalue weighted by atomic mass is 10.2. The Morgan fingerprint density at radius 2 is 2.25 bits per heavy atom. The minimum atomic E-state index is 0.287. The van der Waals surface area contributed by atoms with Crippen molar-refractivity contribution in [3.63, 3.8) is 0 Å². The maximum atomic E-state index is 5.22. The summed E-state index contributed by atoms with van der Waals surface area (Å²) in [5.74, 6) is 1.05. The summed E-state index contributed by atoms with van der Waals surface area (Å²) in [5, 5.41) is 0. The number of aromatic nitrogens is 2. The lowest BCUT2D eigenvalue weighted by molar-refractivity contribution is 0.111. The average molecular weight is 218 g/mol. The summed E-state index contributed by atoms with van der Waals surface area (Å²) in [5.41, 5.74) is 3.43. The molecule has 3 nitrogen and oxygen atoms in total. The number of fused-ring (bicyclic) bond motifs is 1. The minimum Gasteiger partial charge on any atom is -0.382 e. The van der Waals surface area contributed by atoms with Gasteiger partial charge in [0, 0.05) is 13.5 Å². The Kier molecular flexibility index (Phi) is 3.25. The summed E-state index contributed by atoms with van der Waals surface area (Å²) in [6.45, 7) is 4.17. The number of nitrogens with zero attached hydrogens (tertiary/aromatic N) is 1. The van der Waals surface area contributed by atoms with Gasteiger partial charge in [0.05, 0.1) is 17.1 Å². The monoisotopic (exact) mass is 218 g/mol. The molecule has 1 heterocycles. The van der Waals surface area contributed by atoms with Gasteiger partial charge in [-0.1, -0.05) is 6.07 Å². The van der Waals surface area contributed by atoms with Crippen LogP contribution in [0.25, 0.3) is 11.0 Å². The standard InChI is InChI=1S/C13H18N2O/c1-9-4-6-11-12(8-9)15-13(14-11)7-5-10(2)16-3/h4,6,8,10H,5,7H2,1-3H3,(H,14,15). The van der Waals surface area contributed by atoms with E-state index in [0.29, 0.717) is 0 Å². The van der Waals surface area contributed by atoms with Crippen LogP contribution in [0.15, 0.2) is 18.2 Å². The molecule has 16 heavy (non-hydrogen) atoms. The highest BCUT2D eigenvalue weighted by molar-refractivity contribution is 5.75. The van der Waals surface area contributed by atoms with Gasteiger partial charge in [-0.25, -0.2) is 4.98 Å². The Morgan fingerprint density at radius 1 is 1.44 bits per heavy atom. The molecule has 0 aliphatic carbocycles. The van der Waals surface area contributed by atoms with Crippen LogP contribution in [0.2, 0.25) is 0 Å². The molecule has 0 saturated carbocycles. The maximum Gasteiger partial charge on any atom is 0.107 e. The van der Waals surface area contributed by atoms with Crippen molar-refractivity contribution in [3.05, 3.63) is 29.6 Å². The number of nitrogens with one attached hydrogen (secondary N) is 1. The molecule has 0 spiro atoms. The van der Waals surface area contributed by atoms with E-state index in [9.17, 15) is 0 Å². The highest BCUT2D eigenvalue weighted by atomic mass is 16.5. The van der Waals surface area contributed by atoms with E-state index in [4.69, 9.17) is 4.74 Å². The first kappa shape index (κ1) is 11.1. The van der Waals surface area contributed by atoms with E-state index in [1.807, 2.05) is 0 Å². The zero-order valence-electron chi connectivity index (χ0n) is 10.1. The molecule has 1 N–H and O–H groups in total. The number of benzene rings is 1. The third-order valence-corrected chi connectivity index (χ3v) is 2.88. The van der Waals surface area contributed by atoms with Gasteiger partial charge in [-0.3, -0.25) is 0 Å². The molecule has 0 saturated heterocycles. The third-order valence-electron chi connectivity index (χ3n) is 2.88. The second-order valence-electron chi connectivity index (χ2n) is 4.29. The van der Waals surface area contributed by atoms with Crippen LogP contribution in [0.1, 0.15) is 24.7 Å². The summed E-state index contributed by atoms with van der Waals surface area (Å²) in [4.78, 5) is 7.90. The van der Waals surface area contributed by atoms with E-state index in [1.54, 1.807) is 7.11 Å². The summed E-state index contributed by atoms with van der Waals surface area (Å²) >= 11 is 0. The molecule has 0 aliphatic heterocycles. The number of methoxy groups -OCH3 is 1. The van der Waals surface area contributed by atoms with Gasteiger partial charge in [-0.2, -0.15) is 0 Å². The minimum absolute atomic E-state index is 0.287. The molecule has 0 fully saturated rings. The Balaban J connectivity index is 2.13. The Bertz CT molecular complexity index is 476. The highest BCUT2D eigenvalue weighted by Crippen LogP contribution is 2.14. The fourth-order valence-electron chi connectivity index (χ4n) is 1.75. The van der Waals surface area contributed by atoms with Crippen molar-refractivity contribution in [2.45, 2.75) is 32.8 Å². The number of hydrogen-bond acceptors (Lipinski definition) is 2. The summed E-state index contributed by atoms with van der Waals surface area (Å²) in [7, 11) is 1.74. The van der Waals surface area contributed by atoms with Crippen molar-refractivity contribution in [3.8, 4) is 0 Å².